The minimum absolute atomic E-state index is 0.118. The first-order valence-corrected chi connectivity index (χ1v) is 6.56. The van der Waals surface area contributed by atoms with Gasteiger partial charge >= 0.3 is 6.03 Å². The minimum atomic E-state index is -0.412. The van der Waals surface area contributed by atoms with Gasteiger partial charge in [-0.1, -0.05) is 6.07 Å². The van der Waals surface area contributed by atoms with Crippen LogP contribution in [-0.4, -0.2) is 35.2 Å². The Morgan fingerprint density at radius 2 is 2.37 bits per heavy atom. The third-order valence-corrected chi connectivity index (χ3v) is 3.50. The van der Waals surface area contributed by atoms with Crippen LogP contribution in [0.15, 0.2) is 24.3 Å². The topological polar surface area (TPSA) is 52.6 Å². The predicted octanol–water partition coefficient (Wildman–Crippen LogP) is 2.45. The van der Waals surface area contributed by atoms with Crippen LogP contribution in [0.2, 0.25) is 0 Å². The summed E-state index contributed by atoms with van der Waals surface area (Å²) in [6.07, 6.45) is 1.40. The van der Waals surface area contributed by atoms with Gasteiger partial charge in [0.2, 0.25) is 0 Å². The lowest BCUT2D eigenvalue weighted by Gasteiger charge is -2.34. The van der Waals surface area contributed by atoms with Crippen LogP contribution in [0.4, 0.5) is 14.9 Å². The van der Waals surface area contributed by atoms with Gasteiger partial charge in [0.05, 0.1) is 6.10 Å². The van der Waals surface area contributed by atoms with Crippen molar-refractivity contribution in [1.29, 1.82) is 0 Å². The zero-order valence-electron chi connectivity index (χ0n) is 11.0. The van der Waals surface area contributed by atoms with E-state index in [2.05, 4.69) is 5.32 Å². The van der Waals surface area contributed by atoms with Crippen LogP contribution in [0.1, 0.15) is 19.8 Å². The van der Waals surface area contributed by atoms with E-state index < -0.39 is 6.10 Å². The van der Waals surface area contributed by atoms with Crippen molar-refractivity contribution in [3.8, 4) is 0 Å². The normalized spacial score (nSPS) is 21.0. The molecule has 2 atom stereocenters. The summed E-state index contributed by atoms with van der Waals surface area (Å²) in [4.78, 5) is 13.7. The number of halogens is 1. The molecule has 1 fully saturated rings. The van der Waals surface area contributed by atoms with E-state index in [-0.39, 0.29) is 17.8 Å². The summed E-state index contributed by atoms with van der Waals surface area (Å²) in [6.45, 7) is 2.96. The molecule has 0 bridgehead atoms. The molecule has 4 nitrogen and oxygen atoms in total. The number of hydrogen-bond acceptors (Lipinski definition) is 2. The van der Waals surface area contributed by atoms with Crippen molar-refractivity contribution in [2.24, 2.45) is 5.92 Å². The first-order valence-electron chi connectivity index (χ1n) is 6.56. The average molecular weight is 266 g/mol. The summed E-state index contributed by atoms with van der Waals surface area (Å²) in [5.74, 6) is -0.259. The Bertz CT molecular complexity index is 451. The lowest BCUT2D eigenvalue weighted by atomic mass is 9.94. The van der Waals surface area contributed by atoms with E-state index >= 15 is 0 Å². The van der Waals surface area contributed by atoms with Gasteiger partial charge in [0.1, 0.15) is 5.82 Å². The number of hydrogen-bond donors (Lipinski definition) is 2. The van der Waals surface area contributed by atoms with Crippen molar-refractivity contribution < 1.29 is 14.3 Å². The van der Waals surface area contributed by atoms with Crippen LogP contribution >= 0.6 is 0 Å². The van der Waals surface area contributed by atoms with Crippen molar-refractivity contribution in [2.45, 2.75) is 25.9 Å². The Morgan fingerprint density at radius 1 is 1.58 bits per heavy atom. The van der Waals surface area contributed by atoms with Gasteiger partial charge in [-0.3, -0.25) is 0 Å². The molecule has 1 aliphatic heterocycles. The lowest BCUT2D eigenvalue weighted by Crippen LogP contribution is -2.44. The molecule has 0 spiro atoms. The number of nitrogens with zero attached hydrogens (tertiary/aromatic N) is 1. The summed E-state index contributed by atoms with van der Waals surface area (Å²) in [6, 6.07) is 5.58. The van der Waals surface area contributed by atoms with Gasteiger partial charge in [-0.25, -0.2) is 9.18 Å². The molecule has 0 aliphatic carbocycles. The number of likely N-dealkylation sites (tertiary alicyclic amines) is 1. The second-order valence-corrected chi connectivity index (χ2v) is 5.03. The maximum absolute atomic E-state index is 13.0. The van der Waals surface area contributed by atoms with Gasteiger partial charge in [0, 0.05) is 24.7 Å². The average Bonchev–Trinajstić information content (AvgIpc) is 2.39. The highest BCUT2D eigenvalue weighted by Crippen LogP contribution is 2.20. The van der Waals surface area contributed by atoms with Gasteiger partial charge < -0.3 is 15.3 Å². The number of carbonyl (C=O) groups is 1. The second-order valence-electron chi connectivity index (χ2n) is 5.03. The highest BCUT2D eigenvalue weighted by molar-refractivity contribution is 5.89. The fraction of sp³-hybridized carbons (Fsp3) is 0.500. The SMILES string of the molecule is CC(O)C1CCCN(C(=O)Nc2cccc(F)c2)C1. The summed E-state index contributed by atoms with van der Waals surface area (Å²) < 4.78 is 13.0. The number of nitrogens with one attached hydrogen (secondary N) is 1. The fourth-order valence-corrected chi connectivity index (χ4v) is 2.36. The van der Waals surface area contributed by atoms with E-state index in [1.54, 1.807) is 24.0 Å². The Kier molecular flexibility index (Phi) is 4.37. The van der Waals surface area contributed by atoms with E-state index in [4.69, 9.17) is 0 Å². The van der Waals surface area contributed by atoms with Crippen LogP contribution in [-0.2, 0) is 0 Å². The lowest BCUT2D eigenvalue weighted by molar-refractivity contribution is 0.0766. The van der Waals surface area contributed by atoms with E-state index in [0.717, 1.165) is 12.8 Å². The molecular formula is C14H19FN2O2. The van der Waals surface area contributed by atoms with E-state index in [1.165, 1.54) is 12.1 Å². The number of benzene rings is 1. The molecule has 5 heteroatoms. The molecule has 1 saturated heterocycles. The van der Waals surface area contributed by atoms with Crippen LogP contribution in [0.5, 0.6) is 0 Å². The molecule has 0 aromatic heterocycles. The Morgan fingerprint density at radius 3 is 3.05 bits per heavy atom. The molecule has 0 saturated carbocycles. The number of aliphatic hydroxyl groups excluding tert-OH is 1. The van der Waals surface area contributed by atoms with E-state index in [1.807, 2.05) is 0 Å². The fourth-order valence-electron chi connectivity index (χ4n) is 2.36. The van der Waals surface area contributed by atoms with Crippen LogP contribution < -0.4 is 5.32 Å². The zero-order chi connectivity index (χ0) is 13.8. The van der Waals surface area contributed by atoms with E-state index in [9.17, 15) is 14.3 Å². The second kappa shape index (κ2) is 6.02. The summed E-state index contributed by atoms with van der Waals surface area (Å²) in [7, 11) is 0. The van der Waals surface area contributed by atoms with Crippen LogP contribution in [0.3, 0.4) is 0 Å². The monoisotopic (exact) mass is 266 g/mol. The van der Waals surface area contributed by atoms with Gasteiger partial charge in [-0.15, -0.1) is 0 Å². The van der Waals surface area contributed by atoms with Gasteiger partial charge in [-0.2, -0.15) is 0 Å². The molecule has 2 unspecified atom stereocenters. The third-order valence-electron chi connectivity index (χ3n) is 3.50. The highest BCUT2D eigenvalue weighted by Gasteiger charge is 2.26. The highest BCUT2D eigenvalue weighted by atomic mass is 19.1. The molecule has 0 radical (unpaired) electrons. The summed E-state index contributed by atoms with van der Waals surface area (Å²) in [5, 5.41) is 12.3. The molecule has 2 rings (SSSR count). The minimum Gasteiger partial charge on any atom is -0.393 e. The largest absolute Gasteiger partial charge is 0.393 e. The van der Waals surface area contributed by atoms with Crippen molar-refractivity contribution in [1.82, 2.24) is 4.90 Å². The van der Waals surface area contributed by atoms with Crippen LogP contribution in [0, 0.1) is 11.7 Å². The molecule has 19 heavy (non-hydrogen) atoms. The molecule has 2 N–H and O–H groups in total. The molecule has 1 heterocycles. The Balaban J connectivity index is 1.96. The van der Waals surface area contributed by atoms with Gasteiger partial charge in [0.25, 0.3) is 0 Å². The molecule has 1 aromatic rings. The standard InChI is InChI=1S/C14H19FN2O2/c1-10(18)11-4-3-7-17(9-11)14(19)16-13-6-2-5-12(15)8-13/h2,5-6,8,10-11,18H,3-4,7,9H2,1H3,(H,16,19). The molecule has 1 aliphatic rings. The van der Waals surface area contributed by atoms with Crippen molar-refractivity contribution >= 4 is 11.7 Å². The molecule has 2 amide bonds. The first kappa shape index (κ1) is 13.8. The van der Waals surface area contributed by atoms with Crippen molar-refractivity contribution in [3.63, 3.8) is 0 Å². The molecule has 1 aromatic carbocycles. The quantitative estimate of drug-likeness (QED) is 0.864. The zero-order valence-corrected chi connectivity index (χ0v) is 11.0. The number of carbonyl (C=O) groups excluding carboxylic acids is 1. The van der Waals surface area contributed by atoms with Gasteiger partial charge in [0.15, 0.2) is 0 Å². The van der Waals surface area contributed by atoms with Gasteiger partial charge in [-0.05, 0) is 38.0 Å². The van der Waals surface area contributed by atoms with Crippen molar-refractivity contribution in [3.05, 3.63) is 30.1 Å². The molecular weight excluding hydrogens is 247 g/mol. The maximum atomic E-state index is 13.0. The van der Waals surface area contributed by atoms with Crippen molar-refractivity contribution in [2.75, 3.05) is 18.4 Å². The molecule has 104 valence electrons. The number of urea groups is 1. The number of aliphatic hydroxyl groups is 1. The summed E-state index contributed by atoms with van der Waals surface area (Å²) in [5.41, 5.74) is 0.448. The smallest absolute Gasteiger partial charge is 0.321 e. The number of anilines is 1. The Hall–Kier alpha value is -1.62. The number of piperidine rings is 1. The third kappa shape index (κ3) is 3.67. The number of rotatable bonds is 2. The van der Waals surface area contributed by atoms with E-state index in [0.29, 0.717) is 18.8 Å². The predicted molar refractivity (Wildman–Crippen MR) is 71.4 cm³/mol. The Labute approximate surface area is 112 Å². The summed E-state index contributed by atoms with van der Waals surface area (Å²) >= 11 is 0. The first-order chi connectivity index (χ1) is 9.06. The van der Waals surface area contributed by atoms with Crippen LogP contribution in [0.25, 0.3) is 0 Å². The maximum Gasteiger partial charge on any atom is 0.321 e. The number of amides is 2.